The number of hydrogen-bond donors (Lipinski definition) is 1. The average molecular weight is 866 g/mol. The fraction of sp³-hybridized carbons (Fsp3) is 0.735. The van der Waals surface area contributed by atoms with Gasteiger partial charge in [-0.25, -0.2) is 4.79 Å². The molecule has 3 aliphatic heterocycles. The highest BCUT2D eigenvalue weighted by Crippen LogP contribution is 2.72. The number of allylic oxidation sites excluding steroid dienone is 1. The summed E-state index contributed by atoms with van der Waals surface area (Å²) < 4.78 is 50.4. The van der Waals surface area contributed by atoms with Gasteiger partial charge in [0.2, 0.25) is 0 Å². The summed E-state index contributed by atoms with van der Waals surface area (Å²) in [5.41, 5.74) is -1.96. The zero-order valence-electron chi connectivity index (χ0n) is 39.4. The minimum absolute atomic E-state index is 0.0961. The van der Waals surface area contributed by atoms with Crippen LogP contribution in [0, 0.1) is 40.4 Å². The van der Waals surface area contributed by atoms with Crippen molar-refractivity contribution < 1.29 is 57.4 Å². The van der Waals surface area contributed by atoms with Crippen LogP contribution in [0.2, 0.25) is 0 Å². The first kappa shape index (κ1) is 46.5. The summed E-state index contributed by atoms with van der Waals surface area (Å²) in [5.74, 6) is -0.591. The second-order valence-corrected chi connectivity index (χ2v) is 21.1. The molecule has 6 aliphatic rings. The summed E-state index contributed by atoms with van der Waals surface area (Å²) in [4.78, 5) is 44.2. The van der Waals surface area contributed by atoms with Crippen molar-refractivity contribution in [1.82, 2.24) is 4.90 Å². The molecule has 13 heteroatoms. The number of aliphatic hydroxyl groups is 1. The van der Waals surface area contributed by atoms with Gasteiger partial charge in [-0.15, -0.1) is 0 Å². The third kappa shape index (κ3) is 7.20. The maximum atomic E-state index is 15.3. The van der Waals surface area contributed by atoms with E-state index in [-0.39, 0.29) is 60.5 Å². The summed E-state index contributed by atoms with van der Waals surface area (Å²) in [5, 5.41) is 12.8. The number of carbonyl (C=O) groups is 3. The molecule has 1 N–H and O–H groups in total. The fourth-order valence-corrected chi connectivity index (χ4v) is 13.3. The lowest BCUT2D eigenvalue weighted by Gasteiger charge is -2.68. The molecule has 13 nitrogen and oxygen atoms in total. The number of Topliss-reactive ketones (excluding diaryl/α,β-unsaturated/α-hetero) is 1. The predicted octanol–water partition coefficient (Wildman–Crippen LogP) is 8.11. The van der Waals surface area contributed by atoms with E-state index in [1.807, 2.05) is 34.6 Å². The normalized spacial score (nSPS) is 38.9. The number of rotatable bonds is 11. The maximum Gasteiger partial charge on any atom is 0.412 e. The number of carbonyl (C=O) groups excluding carboxylic acids is 3. The lowest BCUT2D eigenvalue weighted by molar-refractivity contribution is -0.387. The van der Waals surface area contributed by atoms with Crippen LogP contribution in [0.1, 0.15) is 121 Å². The number of nitrogens with zero attached hydrogens (tertiary/aromatic N) is 1. The highest BCUT2D eigenvalue weighted by Gasteiger charge is 2.78. The Morgan fingerprint density at radius 1 is 1.05 bits per heavy atom. The Balaban J connectivity index is 1.32. The number of amides is 1. The van der Waals surface area contributed by atoms with Gasteiger partial charge < -0.3 is 43.0 Å². The second-order valence-electron chi connectivity index (χ2n) is 21.1. The largest absolute Gasteiger partial charge is 0.497 e. The van der Waals surface area contributed by atoms with Crippen molar-refractivity contribution in [2.45, 2.75) is 169 Å². The molecule has 0 aromatic heterocycles. The molecule has 14 atom stereocenters. The zero-order chi connectivity index (χ0) is 45.6. The number of ether oxygens (including phenoxy) is 8. The van der Waals surface area contributed by atoms with Gasteiger partial charge in [-0.05, 0) is 90.3 Å². The summed E-state index contributed by atoms with van der Waals surface area (Å²) >= 11 is 0. The van der Waals surface area contributed by atoms with Crippen LogP contribution in [0.25, 0.3) is 0 Å². The molecule has 0 spiro atoms. The molecule has 0 radical (unpaired) electrons. The smallest absolute Gasteiger partial charge is 0.412 e. The Labute approximate surface area is 368 Å². The average Bonchev–Trinajstić information content (AvgIpc) is 3.67. The molecule has 3 heterocycles. The van der Waals surface area contributed by atoms with Crippen LogP contribution < -0.4 is 9.47 Å². The van der Waals surface area contributed by atoms with Gasteiger partial charge in [-0.3, -0.25) is 14.5 Å². The number of hydrogen-bond acceptors (Lipinski definition) is 12. The third-order valence-electron chi connectivity index (χ3n) is 15.5. The van der Waals surface area contributed by atoms with Crippen LogP contribution in [0.4, 0.5) is 4.79 Å². The van der Waals surface area contributed by atoms with Crippen LogP contribution in [0.15, 0.2) is 42.0 Å². The molecule has 344 valence electrons. The molecule has 62 heavy (non-hydrogen) atoms. The standard InChI is InChI=1S/C49H71NO12/c1-16-38-58-36-22-37-49(24-57-37,61-29(7)51)41-28(6)48(46(11,12)54)23-30(26(4)39(48)27(5)42(59-38)47(36,41)13)20-34(52)40-33(19-25(2)3)50(44(53)62-45(8,9)10)43(60-40)32-18-17-31(55-14)21-35(32)56-15/h16-18,21,25,27-28,30,33,36-38,40-43,54H,1,19-20,22-24H2,2-15H3/t27-,28-,30-,33?,36-,37+,38?,40+,41-,42-,43?,47+,48+,49-/m0/s1. The summed E-state index contributed by atoms with van der Waals surface area (Å²) in [6, 6.07) is 4.66. The second kappa shape index (κ2) is 16.2. The fourth-order valence-electron chi connectivity index (χ4n) is 13.3. The molecular weight excluding hydrogens is 795 g/mol. The van der Waals surface area contributed by atoms with Gasteiger partial charge in [0.05, 0.1) is 44.7 Å². The van der Waals surface area contributed by atoms with Crippen molar-refractivity contribution >= 4 is 17.8 Å². The quantitative estimate of drug-likeness (QED) is 0.169. The molecule has 3 unspecified atom stereocenters. The predicted molar refractivity (Wildman–Crippen MR) is 230 cm³/mol. The number of ketones is 1. The molecule has 1 aromatic rings. The minimum Gasteiger partial charge on any atom is -0.497 e. The molecule has 2 saturated carbocycles. The van der Waals surface area contributed by atoms with Gasteiger partial charge >= 0.3 is 12.1 Å². The number of fused-ring (bicyclic) bond motifs is 3. The molecule has 7 rings (SSSR count). The minimum atomic E-state index is -1.30. The third-order valence-corrected chi connectivity index (χ3v) is 15.5. The van der Waals surface area contributed by atoms with E-state index in [1.54, 1.807) is 43.4 Å². The van der Waals surface area contributed by atoms with Crippen molar-refractivity contribution in [3.8, 4) is 11.5 Å². The van der Waals surface area contributed by atoms with Gasteiger partial charge in [0.15, 0.2) is 23.9 Å². The zero-order valence-corrected chi connectivity index (χ0v) is 39.4. The lowest BCUT2D eigenvalue weighted by Crippen LogP contribution is -2.78. The molecule has 3 aliphatic carbocycles. The number of benzene rings is 1. The van der Waals surface area contributed by atoms with Crippen molar-refractivity contribution in [3.05, 3.63) is 47.6 Å². The van der Waals surface area contributed by atoms with Crippen molar-refractivity contribution in [3.63, 3.8) is 0 Å². The molecule has 5 fully saturated rings. The molecule has 1 amide bonds. The van der Waals surface area contributed by atoms with Gasteiger partial charge in [0.25, 0.3) is 0 Å². The van der Waals surface area contributed by atoms with Crippen LogP contribution in [-0.4, -0.2) is 102 Å². The van der Waals surface area contributed by atoms with Gasteiger partial charge in [-0.2, -0.15) is 0 Å². The Kier molecular flexibility index (Phi) is 12.1. The van der Waals surface area contributed by atoms with Gasteiger partial charge in [0, 0.05) is 54.1 Å². The SMILES string of the molecule is C=CC1O[C@H]2C[C@H]3OC[C@@]3(OC(C)=O)[C@H]3[C@H](C)[C@]4(C(C)(C)O)C[C@H](CC(=O)[C@@H]5OC(c6ccc(OC)cc6OC)N(C(=O)OC(C)(C)C)C5CC(C)C)C(C)=C4[C@H](C)[C@H](O1)[C@]23C. The highest BCUT2D eigenvalue weighted by molar-refractivity contribution is 5.86. The maximum absolute atomic E-state index is 15.3. The topological polar surface area (TPSA) is 149 Å². The Morgan fingerprint density at radius 2 is 1.74 bits per heavy atom. The monoisotopic (exact) mass is 865 g/mol. The molecular formula is C49H71NO12. The van der Waals surface area contributed by atoms with Crippen molar-refractivity contribution in [2.75, 3.05) is 20.8 Å². The Bertz CT molecular complexity index is 1960. The van der Waals surface area contributed by atoms with E-state index in [9.17, 15) is 14.7 Å². The molecule has 1 aromatic carbocycles. The van der Waals surface area contributed by atoms with E-state index in [4.69, 9.17) is 37.9 Å². The van der Waals surface area contributed by atoms with Gasteiger partial charge in [-0.1, -0.05) is 52.3 Å². The van der Waals surface area contributed by atoms with Crippen molar-refractivity contribution in [2.24, 2.45) is 40.4 Å². The molecule has 0 bridgehead atoms. The number of esters is 1. The highest BCUT2D eigenvalue weighted by atomic mass is 16.7. The van der Waals surface area contributed by atoms with E-state index in [1.165, 1.54) is 6.92 Å². The van der Waals surface area contributed by atoms with Gasteiger partial charge in [0.1, 0.15) is 29.3 Å². The van der Waals surface area contributed by atoms with Crippen LogP contribution in [-0.2, 0) is 38.0 Å². The van der Waals surface area contributed by atoms with Crippen molar-refractivity contribution in [1.29, 1.82) is 0 Å². The van der Waals surface area contributed by atoms with E-state index < -0.39 is 70.6 Å². The summed E-state index contributed by atoms with van der Waals surface area (Å²) in [7, 11) is 3.11. The summed E-state index contributed by atoms with van der Waals surface area (Å²) in [6.07, 6.45) is -1.11. The van der Waals surface area contributed by atoms with Crippen LogP contribution >= 0.6 is 0 Å². The summed E-state index contributed by atoms with van der Waals surface area (Å²) in [6.45, 7) is 27.6. The van der Waals surface area contributed by atoms with Crippen LogP contribution in [0.5, 0.6) is 11.5 Å². The first-order chi connectivity index (χ1) is 28.9. The van der Waals surface area contributed by atoms with E-state index in [2.05, 4.69) is 48.1 Å². The Morgan fingerprint density at radius 3 is 2.29 bits per heavy atom. The first-order valence-electron chi connectivity index (χ1n) is 22.5. The molecule has 3 saturated heterocycles. The van der Waals surface area contributed by atoms with E-state index >= 15 is 4.79 Å². The first-order valence-corrected chi connectivity index (χ1v) is 22.5. The van der Waals surface area contributed by atoms with E-state index in [0.717, 1.165) is 11.1 Å². The van der Waals surface area contributed by atoms with Crippen LogP contribution in [0.3, 0.4) is 0 Å². The number of methoxy groups -OCH3 is 2. The van der Waals surface area contributed by atoms with E-state index in [0.29, 0.717) is 36.3 Å². The lowest BCUT2D eigenvalue weighted by atomic mass is 9.47. The Hall–Kier alpha value is -3.49.